The summed E-state index contributed by atoms with van der Waals surface area (Å²) >= 11 is 0. The van der Waals surface area contributed by atoms with Gasteiger partial charge in [0.25, 0.3) is 5.91 Å². The molecular weight excluding hydrogens is 353 g/mol. The lowest BCUT2D eigenvalue weighted by molar-refractivity contribution is 0.0715. The summed E-state index contributed by atoms with van der Waals surface area (Å²) < 4.78 is 15.0. The number of piperidine rings is 1. The van der Waals surface area contributed by atoms with Crippen LogP contribution in [0.15, 0.2) is 48.5 Å². The minimum absolute atomic E-state index is 0.0217. The number of halogens is 1. The fourth-order valence-electron chi connectivity index (χ4n) is 3.61. The highest BCUT2D eigenvalue weighted by Gasteiger charge is 2.24. The van der Waals surface area contributed by atoms with Crippen LogP contribution in [0.5, 0.6) is 0 Å². The second kappa shape index (κ2) is 7.58. The number of benzene rings is 2. The maximum Gasteiger partial charge on any atom is 0.272 e. The number of rotatable bonds is 3. The van der Waals surface area contributed by atoms with Crippen LogP contribution >= 0.6 is 0 Å². The van der Waals surface area contributed by atoms with E-state index in [2.05, 4.69) is 26.0 Å². The van der Waals surface area contributed by atoms with Gasteiger partial charge in [-0.2, -0.15) is 5.10 Å². The van der Waals surface area contributed by atoms with E-state index in [4.69, 9.17) is 5.10 Å². The van der Waals surface area contributed by atoms with Gasteiger partial charge in [-0.15, -0.1) is 0 Å². The van der Waals surface area contributed by atoms with Crippen molar-refractivity contribution < 1.29 is 9.18 Å². The minimum Gasteiger partial charge on any atom is -0.337 e. The molecule has 2 heterocycles. The van der Waals surface area contributed by atoms with E-state index < -0.39 is 0 Å². The number of hydrogen-bond donors (Lipinski definition) is 0. The first-order chi connectivity index (χ1) is 13.5. The molecule has 0 bridgehead atoms. The van der Waals surface area contributed by atoms with Crippen LogP contribution in [0.2, 0.25) is 0 Å². The van der Waals surface area contributed by atoms with Gasteiger partial charge in [-0.05, 0) is 80.6 Å². The monoisotopic (exact) mass is 377 g/mol. The highest BCUT2D eigenvalue weighted by molar-refractivity contribution is 5.94. The van der Waals surface area contributed by atoms with Crippen LogP contribution < -0.4 is 0 Å². The number of carbonyl (C=O) groups is 1. The molecule has 0 atom stereocenters. The zero-order valence-corrected chi connectivity index (χ0v) is 16.3. The topological polar surface area (TPSA) is 38.1 Å². The van der Waals surface area contributed by atoms with Crippen molar-refractivity contribution in [2.75, 3.05) is 13.1 Å². The fraction of sp³-hybridized carbons (Fsp3) is 0.304. The Bertz CT molecular complexity index is 1000. The second-order valence-corrected chi connectivity index (χ2v) is 7.45. The molecule has 4 rings (SSSR count). The van der Waals surface area contributed by atoms with Gasteiger partial charge in [-0.3, -0.25) is 4.79 Å². The molecule has 1 amide bonds. The summed E-state index contributed by atoms with van der Waals surface area (Å²) in [4.78, 5) is 15.1. The average Bonchev–Trinajstić information content (AvgIpc) is 3.16. The molecule has 5 heteroatoms. The molecule has 1 aliphatic rings. The normalized spacial score (nSPS) is 14.3. The van der Waals surface area contributed by atoms with Gasteiger partial charge in [-0.1, -0.05) is 12.1 Å². The third-order valence-electron chi connectivity index (χ3n) is 5.45. The molecule has 0 saturated carbocycles. The maximum absolute atomic E-state index is 13.4. The summed E-state index contributed by atoms with van der Waals surface area (Å²) in [5.74, 6) is -0.333. The van der Waals surface area contributed by atoms with E-state index in [0.717, 1.165) is 43.6 Å². The Kier molecular flexibility index (Phi) is 4.99. The van der Waals surface area contributed by atoms with Crippen LogP contribution in [0.1, 0.15) is 40.9 Å². The Labute approximate surface area is 164 Å². The van der Waals surface area contributed by atoms with Crippen molar-refractivity contribution in [1.29, 1.82) is 0 Å². The third kappa shape index (κ3) is 3.57. The van der Waals surface area contributed by atoms with Gasteiger partial charge in [0, 0.05) is 18.7 Å². The standard InChI is InChI=1S/C23H24FN3O/c1-16-6-7-18(14-17(16)2)21-15-22(23(28)26-12-4-3-5-13-26)27(25-21)20-10-8-19(24)9-11-20/h6-11,14-15H,3-5,12-13H2,1-2H3. The molecule has 0 unspecified atom stereocenters. The number of amides is 1. The molecule has 1 aliphatic heterocycles. The van der Waals surface area contributed by atoms with Gasteiger partial charge in [0.1, 0.15) is 11.5 Å². The van der Waals surface area contributed by atoms with Crippen LogP contribution in [0, 0.1) is 19.7 Å². The van der Waals surface area contributed by atoms with Crippen molar-refractivity contribution in [2.24, 2.45) is 0 Å². The Hall–Kier alpha value is -2.95. The smallest absolute Gasteiger partial charge is 0.272 e. The first-order valence-corrected chi connectivity index (χ1v) is 9.76. The van der Waals surface area contributed by atoms with E-state index in [1.165, 1.54) is 23.3 Å². The molecule has 4 nitrogen and oxygen atoms in total. The first kappa shape index (κ1) is 18.4. The summed E-state index contributed by atoms with van der Waals surface area (Å²) in [7, 11) is 0. The molecule has 144 valence electrons. The number of nitrogens with zero attached hydrogens (tertiary/aromatic N) is 3. The lowest BCUT2D eigenvalue weighted by Gasteiger charge is -2.26. The second-order valence-electron chi connectivity index (χ2n) is 7.45. The minimum atomic E-state index is -0.311. The number of hydrogen-bond acceptors (Lipinski definition) is 2. The molecule has 0 radical (unpaired) electrons. The zero-order valence-electron chi connectivity index (χ0n) is 16.3. The average molecular weight is 377 g/mol. The first-order valence-electron chi connectivity index (χ1n) is 9.76. The molecule has 1 aromatic heterocycles. The van der Waals surface area contributed by atoms with Gasteiger partial charge in [-0.25, -0.2) is 9.07 Å². The predicted molar refractivity (Wildman–Crippen MR) is 108 cm³/mol. The van der Waals surface area contributed by atoms with Gasteiger partial charge in [0.2, 0.25) is 0 Å². The third-order valence-corrected chi connectivity index (χ3v) is 5.45. The van der Waals surface area contributed by atoms with Crippen LogP contribution in [-0.4, -0.2) is 33.7 Å². The van der Waals surface area contributed by atoms with Crippen molar-refractivity contribution in [1.82, 2.24) is 14.7 Å². The molecule has 0 spiro atoms. The molecule has 1 saturated heterocycles. The predicted octanol–water partition coefficient (Wildman–Crippen LogP) is 4.92. The van der Waals surface area contributed by atoms with Crippen LogP contribution in [0.25, 0.3) is 16.9 Å². The largest absolute Gasteiger partial charge is 0.337 e. The summed E-state index contributed by atoms with van der Waals surface area (Å²) in [5, 5.41) is 4.71. The number of aryl methyl sites for hydroxylation is 2. The molecule has 3 aromatic rings. The summed E-state index contributed by atoms with van der Waals surface area (Å²) in [6.07, 6.45) is 3.22. The van der Waals surface area contributed by atoms with Crippen LogP contribution in [0.4, 0.5) is 4.39 Å². The Balaban J connectivity index is 1.80. The molecule has 0 N–H and O–H groups in total. The molecule has 28 heavy (non-hydrogen) atoms. The van der Waals surface area contributed by atoms with Crippen molar-refractivity contribution in [2.45, 2.75) is 33.1 Å². The Morgan fingerprint density at radius 2 is 1.64 bits per heavy atom. The van der Waals surface area contributed by atoms with E-state index in [1.807, 2.05) is 17.0 Å². The zero-order chi connectivity index (χ0) is 19.7. The van der Waals surface area contributed by atoms with Gasteiger partial charge in [0.05, 0.1) is 11.4 Å². The van der Waals surface area contributed by atoms with Crippen molar-refractivity contribution in [3.63, 3.8) is 0 Å². The molecular formula is C23H24FN3O. The highest BCUT2D eigenvalue weighted by atomic mass is 19.1. The van der Waals surface area contributed by atoms with Crippen molar-refractivity contribution in [3.05, 3.63) is 71.2 Å². The SMILES string of the molecule is Cc1ccc(-c2cc(C(=O)N3CCCCC3)n(-c3ccc(F)cc3)n2)cc1C. The maximum atomic E-state index is 13.4. The summed E-state index contributed by atoms with van der Waals surface area (Å²) in [6, 6.07) is 14.1. The number of carbonyl (C=O) groups excluding carboxylic acids is 1. The van der Waals surface area contributed by atoms with Crippen LogP contribution in [0.3, 0.4) is 0 Å². The quantitative estimate of drug-likeness (QED) is 0.650. The lowest BCUT2D eigenvalue weighted by atomic mass is 10.0. The number of aromatic nitrogens is 2. The number of likely N-dealkylation sites (tertiary alicyclic amines) is 1. The van der Waals surface area contributed by atoms with Gasteiger partial charge < -0.3 is 4.90 Å². The van der Waals surface area contributed by atoms with Gasteiger partial charge >= 0.3 is 0 Å². The molecule has 0 aliphatic carbocycles. The Morgan fingerprint density at radius 3 is 2.32 bits per heavy atom. The fourth-order valence-corrected chi connectivity index (χ4v) is 3.61. The molecule has 1 fully saturated rings. The lowest BCUT2D eigenvalue weighted by Crippen LogP contribution is -2.36. The van der Waals surface area contributed by atoms with Crippen molar-refractivity contribution in [3.8, 4) is 16.9 Å². The Morgan fingerprint density at radius 1 is 0.929 bits per heavy atom. The summed E-state index contributed by atoms with van der Waals surface area (Å²) in [6.45, 7) is 5.68. The molecule has 2 aromatic carbocycles. The van der Waals surface area contributed by atoms with E-state index in [-0.39, 0.29) is 11.7 Å². The summed E-state index contributed by atoms with van der Waals surface area (Å²) in [5.41, 5.74) is 5.30. The highest BCUT2D eigenvalue weighted by Crippen LogP contribution is 2.25. The van der Waals surface area contributed by atoms with E-state index in [0.29, 0.717) is 11.4 Å². The van der Waals surface area contributed by atoms with E-state index in [9.17, 15) is 9.18 Å². The van der Waals surface area contributed by atoms with E-state index >= 15 is 0 Å². The van der Waals surface area contributed by atoms with Gasteiger partial charge in [0.15, 0.2) is 0 Å². The van der Waals surface area contributed by atoms with Crippen LogP contribution in [-0.2, 0) is 0 Å². The van der Waals surface area contributed by atoms with E-state index in [1.54, 1.807) is 16.8 Å². The van der Waals surface area contributed by atoms with Crippen molar-refractivity contribution >= 4 is 5.91 Å².